The number of carbonyl (C=O) groups is 1. The summed E-state index contributed by atoms with van der Waals surface area (Å²) in [7, 11) is 1.59. The lowest BCUT2D eigenvalue weighted by Crippen LogP contribution is -2.01. The number of thiophene rings is 1. The molecule has 0 aliphatic carbocycles. The predicted molar refractivity (Wildman–Crippen MR) is 105 cm³/mol. The zero-order valence-electron chi connectivity index (χ0n) is 14.0. The standard InChI is InChI=1S/C20H16ClNO3S/c1-25-16-8-4-12(5-9-16)19(22)17-10-14(11-18(23)24)20(26-17)13-2-6-15(21)7-3-13/h2-10,22H,11H2,1H3,(H,23,24). The Labute approximate surface area is 160 Å². The van der Waals surface area contributed by atoms with E-state index in [0.29, 0.717) is 16.3 Å². The van der Waals surface area contributed by atoms with Gasteiger partial charge in [0.25, 0.3) is 0 Å². The first-order valence-electron chi connectivity index (χ1n) is 7.81. The average molecular weight is 386 g/mol. The molecule has 0 aliphatic rings. The van der Waals surface area contributed by atoms with Crippen LogP contribution in [0.25, 0.3) is 10.4 Å². The van der Waals surface area contributed by atoms with E-state index in [1.165, 1.54) is 11.3 Å². The normalized spacial score (nSPS) is 10.5. The molecule has 0 fully saturated rings. The van der Waals surface area contributed by atoms with Crippen molar-refractivity contribution in [1.82, 2.24) is 0 Å². The number of halogens is 1. The minimum Gasteiger partial charge on any atom is -0.497 e. The Kier molecular flexibility index (Phi) is 5.40. The third kappa shape index (κ3) is 3.95. The number of carboxylic acids is 1. The summed E-state index contributed by atoms with van der Waals surface area (Å²) in [5.74, 6) is -0.179. The van der Waals surface area contributed by atoms with Crippen LogP contribution >= 0.6 is 22.9 Å². The first kappa shape index (κ1) is 18.2. The summed E-state index contributed by atoms with van der Waals surface area (Å²) in [5.41, 5.74) is 2.68. The zero-order valence-corrected chi connectivity index (χ0v) is 15.5. The van der Waals surface area contributed by atoms with Gasteiger partial charge in [-0.25, -0.2) is 0 Å². The third-order valence-electron chi connectivity index (χ3n) is 3.88. The molecule has 26 heavy (non-hydrogen) atoms. The molecule has 6 heteroatoms. The third-order valence-corrected chi connectivity index (χ3v) is 5.38. The fourth-order valence-corrected chi connectivity index (χ4v) is 3.87. The summed E-state index contributed by atoms with van der Waals surface area (Å²) in [5, 5.41) is 18.3. The largest absolute Gasteiger partial charge is 0.497 e. The van der Waals surface area contributed by atoms with Gasteiger partial charge in [-0.15, -0.1) is 11.3 Å². The van der Waals surface area contributed by atoms with E-state index >= 15 is 0 Å². The Morgan fingerprint density at radius 1 is 1.15 bits per heavy atom. The van der Waals surface area contributed by atoms with Crippen LogP contribution in [0.15, 0.2) is 54.6 Å². The van der Waals surface area contributed by atoms with Gasteiger partial charge in [-0.2, -0.15) is 0 Å². The quantitative estimate of drug-likeness (QED) is 0.578. The number of nitrogens with one attached hydrogen (secondary N) is 1. The van der Waals surface area contributed by atoms with Gasteiger partial charge < -0.3 is 9.84 Å². The average Bonchev–Trinajstić information content (AvgIpc) is 3.05. The van der Waals surface area contributed by atoms with Crippen LogP contribution < -0.4 is 4.74 Å². The molecule has 0 radical (unpaired) electrons. The fraction of sp³-hybridized carbons (Fsp3) is 0.100. The van der Waals surface area contributed by atoms with Gasteiger partial charge in [-0.05, 0) is 53.6 Å². The zero-order chi connectivity index (χ0) is 18.7. The molecule has 3 rings (SSSR count). The molecule has 0 saturated carbocycles. The first-order valence-corrected chi connectivity index (χ1v) is 9.01. The first-order chi connectivity index (χ1) is 12.5. The van der Waals surface area contributed by atoms with E-state index in [1.54, 1.807) is 37.4 Å². The molecule has 0 unspecified atom stereocenters. The number of hydrogen-bond donors (Lipinski definition) is 2. The van der Waals surface area contributed by atoms with Gasteiger partial charge in [-0.1, -0.05) is 23.7 Å². The second kappa shape index (κ2) is 7.72. The van der Waals surface area contributed by atoms with Gasteiger partial charge in [0.2, 0.25) is 0 Å². The number of methoxy groups -OCH3 is 1. The van der Waals surface area contributed by atoms with Crippen LogP contribution in [-0.2, 0) is 11.2 Å². The Bertz CT molecular complexity index is 946. The summed E-state index contributed by atoms with van der Waals surface area (Å²) < 4.78 is 5.15. The molecule has 132 valence electrons. The Morgan fingerprint density at radius 2 is 1.81 bits per heavy atom. The lowest BCUT2D eigenvalue weighted by atomic mass is 10.0. The molecule has 0 aliphatic heterocycles. The Balaban J connectivity index is 2.00. The van der Waals surface area contributed by atoms with Crippen LogP contribution in [0.5, 0.6) is 5.75 Å². The van der Waals surface area contributed by atoms with E-state index in [0.717, 1.165) is 26.6 Å². The van der Waals surface area contributed by atoms with E-state index in [4.69, 9.17) is 21.7 Å². The monoisotopic (exact) mass is 385 g/mol. The Morgan fingerprint density at radius 3 is 2.38 bits per heavy atom. The topological polar surface area (TPSA) is 70.4 Å². The van der Waals surface area contributed by atoms with Crippen LogP contribution in [0.2, 0.25) is 5.02 Å². The SMILES string of the molecule is COc1ccc(C(=N)c2cc(CC(=O)O)c(-c3ccc(Cl)cc3)s2)cc1. The summed E-state index contributed by atoms with van der Waals surface area (Å²) in [6.07, 6.45) is -0.0929. The highest BCUT2D eigenvalue weighted by Crippen LogP contribution is 2.35. The molecule has 3 aromatic rings. The van der Waals surface area contributed by atoms with Crippen LogP contribution in [0.4, 0.5) is 0 Å². The minimum absolute atomic E-state index is 0.0929. The summed E-state index contributed by atoms with van der Waals surface area (Å²) >= 11 is 7.36. The lowest BCUT2D eigenvalue weighted by molar-refractivity contribution is -0.136. The molecule has 0 spiro atoms. The van der Waals surface area contributed by atoms with Crippen molar-refractivity contribution in [3.63, 3.8) is 0 Å². The lowest BCUT2D eigenvalue weighted by Gasteiger charge is -2.03. The van der Waals surface area contributed by atoms with Crippen molar-refractivity contribution in [2.45, 2.75) is 6.42 Å². The number of ether oxygens (including phenoxy) is 1. The molecular weight excluding hydrogens is 370 g/mol. The smallest absolute Gasteiger partial charge is 0.307 e. The molecule has 0 atom stereocenters. The Hall–Kier alpha value is -2.63. The molecule has 0 saturated heterocycles. The molecule has 1 aromatic heterocycles. The van der Waals surface area contributed by atoms with Crippen molar-refractivity contribution in [1.29, 1.82) is 5.41 Å². The highest BCUT2D eigenvalue weighted by Gasteiger charge is 2.17. The van der Waals surface area contributed by atoms with Crippen LogP contribution in [-0.4, -0.2) is 23.9 Å². The van der Waals surface area contributed by atoms with E-state index in [1.807, 2.05) is 24.3 Å². The van der Waals surface area contributed by atoms with Crippen molar-refractivity contribution >= 4 is 34.6 Å². The molecule has 0 amide bonds. The van der Waals surface area contributed by atoms with Crippen molar-refractivity contribution in [3.05, 3.63) is 75.6 Å². The van der Waals surface area contributed by atoms with Crippen molar-refractivity contribution in [3.8, 4) is 16.2 Å². The predicted octanol–water partition coefficient (Wildman–Crippen LogP) is 5.12. The fourth-order valence-electron chi connectivity index (χ4n) is 2.59. The summed E-state index contributed by atoms with van der Waals surface area (Å²) in [4.78, 5) is 12.8. The summed E-state index contributed by atoms with van der Waals surface area (Å²) in [6.45, 7) is 0. The molecule has 4 nitrogen and oxygen atoms in total. The minimum atomic E-state index is -0.902. The maximum Gasteiger partial charge on any atom is 0.307 e. The maximum absolute atomic E-state index is 11.2. The van der Waals surface area contributed by atoms with E-state index in [2.05, 4.69) is 0 Å². The van der Waals surface area contributed by atoms with Crippen molar-refractivity contribution < 1.29 is 14.6 Å². The van der Waals surface area contributed by atoms with Gasteiger partial charge in [0.05, 0.1) is 24.1 Å². The number of carboxylic acid groups (broad SMARTS) is 1. The number of benzene rings is 2. The molecule has 0 bridgehead atoms. The van der Waals surface area contributed by atoms with Crippen molar-refractivity contribution in [2.75, 3.05) is 7.11 Å². The van der Waals surface area contributed by atoms with Gasteiger partial charge >= 0.3 is 5.97 Å². The van der Waals surface area contributed by atoms with Crippen molar-refractivity contribution in [2.24, 2.45) is 0 Å². The number of aliphatic carboxylic acids is 1. The molecule has 1 heterocycles. The second-order valence-corrected chi connectivity index (χ2v) is 7.13. The van der Waals surface area contributed by atoms with Crippen LogP contribution in [0, 0.1) is 5.41 Å². The van der Waals surface area contributed by atoms with Crippen LogP contribution in [0.1, 0.15) is 16.0 Å². The summed E-state index contributed by atoms with van der Waals surface area (Å²) in [6, 6.07) is 16.3. The molecule has 2 N–H and O–H groups in total. The molecule has 2 aromatic carbocycles. The van der Waals surface area contributed by atoms with Gasteiger partial charge in [-0.3, -0.25) is 10.2 Å². The van der Waals surface area contributed by atoms with Gasteiger partial charge in [0, 0.05) is 15.5 Å². The van der Waals surface area contributed by atoms with E-state index in [-0.39, 0.29) is 6.42 Å². The number of hydrogen-bond acceptors (Lipinski definition) is 4. The maximum atomic E-state index is 11.2. The molecular formula is C20H16ClNO3S. The highest BCUT2D eigenvalue weighted by molar-refractivity contribution is 7.17. The van der Waals surface area contributed by atoms with E-state index in [9.17, 15) is 9.90 Å². The van der Waals surface area contributed by atoms with E-state index < -0.39 is 5.97 Å². The second-order valence-electron chi connectivity index (χ2n) is 5.65. The van der Waals surface area contributed by atoms with Gasteiger partial charge in [0.15, 0.2) is 0 Å². The number of rotatable bonds is 6. The van der Waals surface area contributed by atoms with Crippen LogP contribution in [0.3, 0.4) is 0 Å². The van der Waals surface area contributed by atoms with Gasteiger partial charge in [0.1, 0.15) is 5.75 Å². The highest BCUT2D eigenvalue weighted by atomic mass is 35.5.